The van der Waals surface area contributed by atoms with Gasteiger partial charge in [-0.1, -0.05) is 11.6 Å². The lowest BCUT2D eigenvalue weighted by Crippen LogP contribution is -2.24. The molecule has 0 saturated heterocycles. The van der Waals surface area contributed by atoms with Crippen molar-refractivity contribution < 1.29 is 17.6 Å². The zero-order valence-electron chi connectivity index (χ0n) is 13.9. The van der Waals surface area contributed by atoms with E-state index in [1.807, 2.05) is 6.07 Å². The number of aryl methyl sites for hydroxylation is 2. The van der Waals surface area contributed by atoms with Gasteiger partial charge < -0.3 is 8.98 Å². The smallest absolute Gasteiger partial charge is 0.417 e. The fraction of sp³-hybridized carbons (Fsp3) is 0.263. The number of nitrogens with zero attached hydrogens (tertiary/aromatic N) is 1. The van der Waals surface area contributed by atoms with Crippen molar-refractivity contribution in [1.29, 1.82) is 0 Å². The second kappa shape index (κ2) is 6.27. The maximum atomic E-state index is 13.0. The van der Waals surface area contributed by atoms with Gasteiger partial charge in [0.15, 0.2) is 0 Å². The SMILES string of the molecule is O=c1cc(Cn2cc(C(F)(F)F)cc(Cl)c2=O)c2cc3c(cc2o1)CCC3. The fourth-order valence-corrected chi connectivity index (χ4v) is 3.71. The highest BCUT2D eigenvalue weighted by molar-refractivity contribution is 6.30. The molecule has 0 bridgehead atoms. The molecule has 4 nitrogen and oxygen atoms in total. The minimum atomic E-state index is -4.64. The summed E-state index contributed by atoms with van der Waals surface area (Å²) in [7, 11) is 0. The summed E-state index contributed by atoms with van der Waals surface area (Å²) >= 11 is 5.70. The molecule has 2 heterocycles. The number of rotatable bonds is 2. The van der Waals surface area contributed by atoms with Gasteiger partial charge in [0.25, 0.3) is 5.56 Å². The fourth-order valence-electron chi connectivity index (χ4n) is 3.48. The molecule has 140 valence electrons. The van der Waals surface area contributed by atoms with Gasteiger partial charge in [-0.15, -0.1) is 0 Å². The molecule has 1 aliphatic rings. The van der Waals surface area contributed by atoms with Crippen LogP contribution >= 0.6 is 11.6 Å². The van der Waals surface area contributed by atoms with Gasteiger partial charge in [0.05, 0.1) is 12.1 Å². The Morgan fingerprint density at radius 1 is 1.07 bits per heavy atom. The van der Waals surface area contributed by atoms with Crippen molar-refractivity contribution in [3.63, 3.8) is 0 Å². The van der Waals surface area contributed by atoms with Crippen LogP contribution in [0, 0.1) is 0 Å². The van der Waals surface area contributed by atoms with E-state index in [2.05, 4.69) is 0 Å². The van der Waals surface area contributed by atoms with Crippen LogP contribution in [-0.4, -0.2) is 4.57 Å². The molecule has 0 fully saturated rings. The Bertz CT molecular complexity index is 1180. The van der Waals surface area contributed by atoms with Crippen molar-refractivity contribution in [3.05, 3.63) is 78.5 Å². The van der Waals surface area contributed by atoms with Gasteiger partial charge in [-0.3, -0.25) is 4.79 Å². The summed E-state index contributed by atoms with van der Waals surface area (Å²) in [5, 5.41) is 0.0775. The first-order chi connectivity index (χ1) is 12.7. The molecule has 0 spiro atoms. The Labute approximate surface area is 155 Å². The van der Waals surface area contributed by atoms with Gasteiger partial charge in [-0.25, -0.2) is 4.79 Å². The third-order valence-corrected chi connectivity index (χ3v) is 5.02. The summed E-state index contributed by atoms with van der Waals surface area (Å²) in [5.41, 5.74) is 0.584. The second-order valence-electron chi connectivity index (χ2n) is 6.57. The molecule has 0 unspecified atom stereocenters. The number of benzene rings is 1. The number of hydrogen-bond acceptors (Lipinski definition) is 3. The number of aromatic nitrogens is 1. The molecule has 0 radical (unpaired) electrons. The standard InChI is InChI=1S/C19H13ClF3NO3/c20-15-7-13(19(21,22)23)9-24(18(15)26)8-12-6-17(25)27-16-5-11-3-1-2-10(11)4-14(12)16/h4-7,9H,1-3,8H2. The predicted molar refractivity (Wildman–Crippen MR) is 94.3 cm³/mol. The van der Waals surface area contributed by atoms with Gasteiger partial charge in [0, 0.05) is 17.6 Å². The molecule has 1 aromatic carbocycles. The highest BCUT2D eigenvalue weighted by Crippen LogP contribution is 2.31. The Hall–Kier alpha value is -2.54. The molecule has 0 aliphatic heterocycles. The quantitative estimate of drug-likeness (QED) is 0.612. The Morgan fingerprint density at radius 3 is 2.48 bits per heavy atom. The monoisotopic (exact) mass is 395 g/mol. The van der Waals surface area contributed by atoms with Crippen LogP contribution in [0.15, 0.2) is 44.5 Å². The lowest BCUT2D eigenvalue weighted by Gasteiger charge is -2.13. The van der Waals surface area contributed by atoms with E-state index in [0.717, 1.165) is 35.0 Å². The molecule has 27 heavy (non-hydrogen) atoms. The maximum absolute atomic E-state index is 13.0. The normalized spacial score (nSPS) is 13.9. The van der Waals surface area contributed by atoms with Gasteiger partial charge >= 0.3 is 11.8 Å². The first kappa shape index (κ1) is 17.9. The van der Waals surface area contributed by atoms with E-state index in [4.69, 9.17) is 16.0 Å². The molecule has 0 amide bonds. The van der Waals surface area contributed by atoms with Gasteiger partial charge in [0.1, 0.15) is 10.6 Å². The molecule has 8 heteroatoms. The number of hydrogen-bond donors (Lipinski definition) is 0. The second-order valence-corrected chi connectivity index (χ2v) is 6.98. The van der Waals surface area contributed by atoms with Gasteiger partial charge in [0.2, 0.25) is 0 Å². The summed E-state index contributed by atoms with van der Waals surface area (Å²) in [6.45, 7) is -0.219. The van der Waals surface area contributed by atoms with Crippen molar-refractivity contribution in [2.45, 2.75) is 32.0 Å². The van der Waals surface area contributed by atoms with Crippen molar-refractivity contribution >= 4 is 22.6 Å². The Morgan fingerprint density at radius 2 is 1.78 bits per heavy atom. The average molecular weight is 396 g/mol. The highest BCUT2D eigenvalue weighted by Gasteiger charge is 2.32. The molecular weight excluding hydrogens is 383 g/mol. The molecule has 4 rings (SSSR count). The summed E-state index contributed by atoms with van der Waals surface area (Å²) in [4.78, 5) is 24.1. The van der Waals surface area contributed by atoms with Crippen molar-refractivity contribution in [3.8, 4) is 0 Å². The topological polar surface area (TPSA) is 52.2 Å². The largest absolute Gasteiger partial charge is 0.423 e. The third kappa shape index (κ3) is 3.27. The number of halogens is 4. The van der Waals surface area contributed by atoms with E-state index in [1.165, 1.54) is 6.07 Å². The van der Waals surface area contributed by atoms with E-state index in [1.54, 1.807) is 6.07 Å². The number of alkyl halides is 3. The van der Waals surface area contributed by atoms with Crippen LogP contribution in [0.5, 0.6) is 0 Å². The summed E-state index contributed by atoms with van der Waals surface area (Å²) < 4.78 is 45.3. The van der Waals surface area contributed by atoms with Crippen molar-refractivity contribution in [2.75, 3.05) is 0 Å². The first-order valence-electron chi connectivity index (χ1n) is 8.28. The van der Waals surface area contributed by atoms with Crippen molar-refractivity contribution in [1.82, 2.24) is 4.57 Å². The van der Waals surface area contributed by atoms with Crippen LogP contribution in [0.1, 0.15) is 28.7 Å². The lowest BCUT2D eigenvalue weighted by molar-refractivity contribution is -0.138. The minimum absolute atomic E-state index is 0.219. The average Bonchev–Trinajstić information content (AvgIpc) is 3.03. The van der Waals surface area contributed by atoms with Crippen LogP contribution in [0.2, 0.25) is 5.02 Å². The molecule has 3 aromatic rings. The minimum Gasteiger partial charge on any atom is -0.423 e. The predicted octanol–water partition coefficient (Wildman–Crippen LogP) is 4.16. The van der Waals surface area contributed by atoms with E-state index in [0.29, 0.717) is 28.8 Å². The summed E-state index contributed by atoms with van der Waals surface area (Å²) in [6, 6.07) is 5.48. The molecule has 2 aromatic heterocycles. The van der Waals surface area contributed by atoms with Crippen LogP contribution in [0.25, 0.3) is 11.0 Å². The van der Waals surface area contributed by atoms with Crippen LogP contribution in [0.4, 0.5) is 13.2 Å². The Balaban J connectivity index is 1.88. The van der Waals surface area contributed by atoms with Crippen LogP contribution in [-0.2, 0) is 25.6 Å². The Kier molecular flexibility index (Phi) is 4.14. The van der Waals surface area contributed by atoms with Gasteiger partial charge in [-0.05, 0) is 54.2 Å². The number of pyridine rings is 1. The lowest BCUT2D eigenvalue weighted by atomic mass is 10.0. The molecular formula is C19H13ClF3NO3. The zero-order chi connectivity index (χ0) is 19.3. The third-order valence-electron chi connectivity index (χ3n) is 4.75. The van der Waals surface area contributed by atoms with Gasteiger partial charge in [-0.2, -0.15) is 13.2 Å². The van der Waals surface area contributed by atoms with E-state index >= 15 is 0 Å². The van der Waals surface area contributed by atoms with Crippen molar-refractivity contribution in [2.24, 2.45) is 0 Å². The first-order valence-corrected chi connectivity index (χ1v) is 8.66. The van der Waals surface area contributed by atoms with Crippen LogP contribution < -0.4 is 11.2 Å². The van der Waals surface area contributed by atoms with E-state index in [-0.39, 0.29) is 6.54 Å². The molecule has 0 atom stereocenters. The zero-order valence-corrected chi connectivity index (χ0v) is 14.7. The highest BCUT2D eigenvalue weighted by atomic mass is 35.5. The molecule has 0 N–H and O–H groups in total. The molecule has 0 saturated carbocycles. The summed E-state index contributed by atoms with van der Waals surface area (Å²) in [5.74, 6) is 0. The van der Waals surface area contributed by atoms with E-state index in [9.17, 15) is 22.8 Å². The maximum Gasteiger partial charge on any atom is 0.417 e. The molecule has 1 aliphatic carbocycles. The number of fused-ring (bicyclic) bond motifs is 2. The summed E-state index contributed by atoms with van der Waals surface area (Å²) in [6.07, 6.45) is -1.16. The van der Waals surface area contributed by atoms with E-state index < -0.39 is 27.9 Å². The van der Waals surface area contributed by atoms with Crippen LogP contribution in [0.3, 0.4) is 0 Å².